The van der Waals surface area contributed by atoms with Crippen LogP contribution in [0.3, 0.4) is 0 Å². The minimum absolute atomic E-state index is 0.197. The van der Waals surface area contributed by atoms with Crippen LogP contribution in [0, 0.1) is 0 Å². The normalized spacial score (nSPS) is 12.1. The predicted molar refractivity (Wildman–Crippen MR) is 98.1 cm³/mol. The van der Waals surface area contributed by atoms with Crippen molar-refractivity contribution in [2.45, 2.75) is 38.6 Å². The average molecular weight is 325 g/mol. The van der Waals surface area contributed by atoms with E-state index in [0.717, 1.165) is 24.0 Å². The van der Waals surface area contributed by atoms with Crippen LogP contribution in [-0.4, -0.2) is 25.2 Å². The third-order valence-corrected chi connectivity index (χ3v) is 4.06. The highest BCUT2D eigenvalue weighted by Gasteiger charge is 2.23. The number of benzene rings is 2. The highest BCUT2D eigenvalue weighted by Crippen LogP contribution is 2.25. The fourth-order valence-electron chi connectivity index (χ4n) is 2.83. The number of hydrogen-bond acceptors (Lipinski definition) is 3. The monoisotopic (exact) mass is 325 g/mol. The van der Waals surface area contributed by atoms with Crippen LogP contribution in [0.25, 0.3) is 0 Å². The average Bonchev–Trinajstić information content (AvgIpc) is 2.61. The summed E-state index contributed by atoms with van der Waals surface area (Å²) in [6.07, 6.45) is 2.28. The number of hydrogen-bond donors (Lipinski definition) is 1. The molecular formula is C21H27NO2. The summed E-state index contributed by atoms with van der Waals surface area (Å²) in [6.45, 7) is 5.40. The molecule has 3 heteroatoms. The predicted octanol–water partition coefficient (Wildman–Crippen LogP) is 4.14. The SMILES string of the molecule is CCCC(C)NCCOC(=O)C(c1ccccc1)c1ccccc1. The molecule has 0 amide bonds. The molecule has 0 aliphatic rings. The van der Waals surface area contributed by atoms with E-state index in [0.29, 0.717) is 19.2 Å². The second kappa shape index (κ2) is 9.89. The summed E-state index contributed by atoms with van der Waals surface area (Å²) in [5, 5.41) is 3.38. The van der Waals surface area contributed by atoms with Crippen LogP contribution in [0.5, 0.6) is 0 Å². The summed E-state index contributed by atoms with van der Waals surface area (Å²) in [4.78, 5) is 12.7. The van der Waals surface area contributed by atoms with Crippen molar-refractivity contribution in [3.05, 3.63) is 71.8 Å². The van der Waals surface area contributed by atoms with Crippen molar-refractivity contribution in [1.82, 2.24) is 5.32 Å². The molecule has 0 saturated carbocycles. The molecule has 0 aliphatic carbocycles. The highest BCUT2D eigenvalue weighted by atomic mass is 16.5. The Labute approximate surface area is 145 Å². The van der Waals surface area contributed by atoms with Gasteiger partial charge in [0.15, 0.2) is 0 Å². The lowest BCUT2D eigenvalue weighted by molar-refractivity contribution is -0.144. The molecule has 0 fully saturated rings. The number of carbonyl (C=O) groups excluding carboxylic acids is 1. The molecule has 0 saturated heterocycles. The smallest absolute Gasteiger partial charge is 0.317 e. The molecule has 0 radical (unpaired) electrons. The van der Waals surface area contributed by atoms with Gasteiger partial charge >= 0.3 is 5.97 Å². The molecule has 0 aliphatic heterocycles. The summed E-state index contributed by atoms with van der Waals surface area (Å²) in [6, 6.07) is 20.1. The molecule has 0 aromatic heterocycles. The number of esters is 1. The minimum Gasteiger partial charge on any atom is -0.464 e. The molecule has 24 heavy (non-hydrogen) atoms. The summed E-state index contributed by atoms with van der Waals surface area (Å²) < 4.78 is 5.54. The molecule has 2 aromatic carbocycles. The molecular weight excluding hydrogens is 298 g/mol. The molecule has 0 spiro atoms. The lowest BCUT2D eigenvalue weighted by atomic mass is 9.91. The first-order chi connectivity index (χ1) is 11.7. The number of rotatable bonds is 9. The zero-order valence-electron chi connectivity index (χ0n) is 14.6. The van der Waals surface area contributed by atoms with Crippen LogP contribution in [0.4, 0.5) is 0 Å². The van der Waals surface area contributed by atoms with Gasteiger partial charge in [0.2, 0.25) is 0 Å². The van der Waals surface area contributed by atoms with Crippen LogP contribution < -0.4 is 5.32 Å². The molecule has 1 N–H and O–H groups in total. The van der Waals surface area contributed by atoms with Crippen molar-refractivity contribution in [2.75, 3.05) is 13.2 Å². The van der Waals surface area contributed by atoms with Gasteiger partial charge in [-0.25, -0.2) is 0 Å². The first kappa shape index (κ1) is 18.2. The van der Waals surface area contributed by atoms with E-state index < -0.39 is 0 Å². The van der Waals surface area contributed by atoms with Gasteiger partial charge in [-0.1, -0.05) is 74.0 Å². The molecule has 128 valence electrons. The Kier molecular flexibility index (Phi) is 7.50. The molecule has 2 aromatic rings. The summed E-state index contributed by atoms with van der Waals surface area (Å²) in [7, 11) is 0. The number of ether oxygens (including phenoxy) is 1. The van der Waals surface area contributed by atoms with Gasteiger partial charge in [-0.3, -0.25) is 4.79 Å². The maximum absolute atomic E-state index is 12.7. The van der Waals surface area contributed by atoms with Crippen molar-refractivity contribution >= 4 is 5.97 Å². The topological polar surface area (TPSA) is 38.3 Å². The Balaban J connectivity index is 1.99. The van der Waals surface area contributed by atoms with Gasteiger partial charge in [-0.15, -0.1) is 0 Å². The lowest BCUT2D eigenvalue weighted by Gasteiger charge is -2.18. The second-order valence-corrected chi connectivity index (χ2v) is 6.07. The molecule has 0 bridgehead atoms. The lowest BCUT2D eigenvalue weighted by Crippen LogP contribution is -2.30. The quantitative estimate of drug-likeness (QED) is 0.556. The van der Waals surface area contributed by atoms with Crippen LogP contribution >= 0.6 is 0 Å². The maximum Gasteiger partial charge on any atom is 0.317 e. The molecule has 3 nitrogen and oxygen atoms in total. The summed E-state index contributed by atoms with van der Waals surface area (Å²) in [5.74, 6) is -0.571. The van der Waals surface area contributed by atoms with Crippen molar-refractivity contribution in [1.29, 1.82) is 0 Å². The molecule has 0 heterocycles. The summed E-state index contributed by atoms with van der Waals surface area (Å²) >= 11 is 0. The van der Waals surface area contributed by atoms with E-state index in [-0.39, 0.29) is 11.9 Å². The van der Waals surface area contributed by atoms with E-state index in [9.17, 15) is 4.79 Å². The standard InChI is InChI=1S/C21H27NO2/c1-3-10-17(2)22-15-16-24-21(23)20(18-11-6-4-7-12-18)19-13-8-5-9-14-19/h4-9,11-14,17,20,22H,3,10,15-16H2,1-2H3. The second-order valence-electron chi connectivity index (χ2n) is 6.07. The zero-order valence-corrected chi connectivity index (χ0v) is 14.6. The van der Waals surface area contributed by atoms with E-state index >= 15 is 0 Å². The highest BCUT2D eigenvalue weighted by molar-refractivity contribution is 5.82. The van der Waals surface area contributed by atoms with Crippen molar-refractivity contribution in [3.8, 4) is 0 Å². The van der Waals surface area contributed by atoms with Crippen LogP contribution in [0.2, 0.25) is 0 Å². The third kappa shape index (κ3) is 5.50. The third-order valence-electron chi connectivity index (χ3n) is 4.06. The fourth-order valence-corrected chi connectivity index (χ4v) is 2.83. The van der Waals surface area contributed by atoms with E-state index in [1.165, 1.54) is 0 Å². The van der Waals surface area contributed by atoms with Gasteiger partial charge in [0, 0.05) is 12.6 Å². The Morgan fingerprint density at radius 2 is 1.54 bits per heavy atom. The van der Waals surface area contributed by atoms with Crippen LogP contribution in [0.1, 0.15) is 43.7 Å². The molecule has 1 unspecified atom stereocenters. The van der Waals surface area contributed by atoms with E-state index in [1.807, 2.05) is 60.7 Å². The van der Waals surface area contributed by atoms with Gasteiger partial charge in [-0.2, -0.15) is 0 Å². The van der Waals surface area contributed by atoms with E-state index in [4.69, 9.17) is 4.74 Å². The first-order valence-corrected chi connectivity index (χ1v) is 8.72. The van der Waals surface area contributed by atoms with Gasteiger partial charge in [0.05, 0.1) is 0 Å². The minimum atomic E-state index is -0.375. The first-order valence-electron chi connectivity index (χ1n) is 8.72. The Morgan fingerprint density at radius 3 is 2.04 bits per heavy atom. The Bertz CT molecular complexity index is 558. The van der Waals surface area contributed by atoms with Crippen molar-refractivity contribution in [2.24, 2.45) is 0 Å². The van der Waals surface area contributed by atoms with E-state index in [1.54, 1.807) is 0 Å². The fraction of sp³-hybridized carbons (Fsp3) is 0.381. The van der Waals surface area contributed by atoms with Crippen molar-refractivity contribution in [3.63, 3.8) is 0 Å². The van der Waals surface area contributed by atoms with Gasteiger partial charge in [0.1, 0.15) is 12.5 Å². The molecule has 2 rings (SSSR count). The van der Waals surface area contributed by atoms with Crippen molar-refractivity contribution < 1.29 is 9.53 Å². The maximum atomic E-state index is 12.7. The zero-order chi connectivity index (χ0) is 17.2. The molecule has 1 atom stereocenters. The largest absolute Gasteiger partial charge is 0.464 e. The Hall–Kier alpha value is -2.13. The number of nitrogens with one attached hydrogen (secondary N) is 1. The van der Waals surface area contributed by atoms with Crippen LogP contribution in [-0.2, 0) is 9.53 Å². The Morgan fingerprint density at radius 1 is 1.00 bits per heavy atom. The number of carbonyl (C=O) groups is 1. The van der Waals surface area contributed by atoms with Gasteiger partial charge < -0.3 is 10.1 Å². The summed E-state index contributed by atoms with van der Waals surface area (Å²) in [5.41, 5.74) is 1.92. The van der Waals surface area contributed by atoms with Crippen LogP contribution in [0.15, 0.2) is 60.7 Å². The van der Waals surface area contributed by atoms with Gasteiger partial charge in [-0.05, 0) is 24.5 Å². The van der Waals surface area contributed by atoms with E-state index in [2.05, 4.69) is 19.2 Å². The van der Waals surface area contributed by atoms with Gasteiger partial charge in [0.25, 0.3) is 0 Å².